The van der Waals surface area contributed by atoms with E-state index in [0.29, 0.717) is 18.1 Å². The summed E-state index contributed by atoms with van der Waals surface area (Å²) in [6, 6.07) is 11.7. The number of aryl methyl sites for hydroxylation is 1. The Hall–Kier alpha value is -3.08. The van der Waals surface area contributed by atoms with Gasteiger partial charge in [0.25, 0.3) is 0 Å². The van der Waals surface area contributed by atoms with Crippen molar-refractivity contribution in [1.82, 2.24) is 10.2 Å². The third kappa shape index (κ3) is 4.82. The van der Waals surface area contributed by atoms with Crippen LogP contribution in [0.5, 0.6) is 5.75 Å². The van der Waals surface area contributed by atoms with E-state index in [1.54, 1.807) is 7.11 Å². The third-order valence-electron chi connectivity index (χ3n) is 5.56. The van der Waals surface area contributed by atoms with E-state index in [1.807, 2.05) is 37.3 Å². The smallest absolute Gasteiger partial charge is 0.188 e. The van der Waals surface area contributed by atoms with E-state index in [1.165, 1.54) is 0 Å². The zero-order chi connectivity index (χ0) is 21.1. The van der Waals surface area contributed by atoms with Gasteiger partial charge in [-0.2, -0.15) is 0 Å². The summed E-state index contributed by atoms with van der Waals surface area (Å²) < 4.78 is 5.33. The zero-order valence-corrected chi connectivity index (χ0v) is 18.4. The molecule has 1 saturated heterocycles. The normalized spacial score (nSPS) is 14.1. The van der Waals surface area contributed by atoms with Gasteiger partial charge in [0.05, 0.1) is 19.8 Å². The molecule has 2 heterocycles. The Morgan fingerprint density at radius 2 is 1.94 bits per heavy atom. The lowest BCUT2D eigenvalue weighted by Crippen LogP contribution is -2.36. The molecule has 7 nitrogen and oxygen atoms in total. The average molecular weight is 440 g/mol. The minimum absolute atomic E-state index is 0. The molecule has 2 aromatic carbocycles. The summed E-state index contributed by atoms with van der Waals surface area (Å²) in [6.45, 7) is 11.5. The fraction of sp³-hybridized carbons (Fsp3) is 0.348. The van der Waals surface area contributed by atoms with E-state index in [9.17, 15) is 5.11 Å². The standard InChI is InChI=1S/C23H25N5O2.ClH/c1-15-12-16(4-7-21(15)30-3)14-25-22-20-13-17(24-2)5-6-19(20)23(27-26-22)28-10-8-18(29)9-11-28;/h4-7,12-13,18,29H,8-11,14H2,1,3H3,(H,25,26);1H. The summed E-state index contributed by atoms with van der Waals surface area (Å²) in [5.74, 6) is 2.32. The second-order valence-electron chi connectivity index (χ2n) is 7.59. The molecule has 0 atom stereocenters. The van der Waals surface area contributed by atoms with Gasteiger partial charge in [-0.15, -0.1) is 22.6 Å². The number of anilines is 2. The molecule has 0 unspecified atom stereocenters. The number of piperidine rings is 1. The Bertz CT molecular complexity index is 1110. The highest BCUT2D eigenvalue weighted by molar-refractivity contribution is 6.00. The Morgan fingerprint density at radius 3 is 2.61 bits per heavy atom. The van der Waals surface area contributed by atoms with Crippen molar-refractivity contribution < 1.29 is 9.84 Å². The molecule has 2 N–H and O–H groups in total. The number of fused-ring (bicyclic) bond motifs is 1. The second kappa shape index (κ2) is 9.82. The Balaban J connectivity index is 0.00000272. The largest absolute Gasteiger partial charge is 0.496 e. The van der Waals surface area contributed by atoms with Crippen LogP contribution in [0.4, 0.5) is 17.3 Å². The van der Waals surface area contributed by atoms with Crippen LogP contribution in [-0.2, 0) is 6.54 Å². The molecule has 1 fully saturated rings. The maximum atomic E-state index is 9.82. The van der Waals surface area contributed by atoms with E-state index < -0.39 is 0 Å². The van der Waals surface area contributed by atoms with Gasteiger partial charge in [0.1, 0.15) is 5.75 Å². The number of methoxy groups -OCH3 is 1. The number of nitrogens with one attached hydrogen (secondary N) is 1. The van der Waals surface area contributed by atoms with Crippen molar-refractivity contribution in [2.45, 2.75) is 32.4 Å². The number of ether oxygens (including phenoxy) is 1. The van der Waals surface area contributed by atoms with Crippen LogP contribution in [0.15, 0.2) is 36.4 Å². The third-order valence-corrected chi connectivity index (χ3v) is 5.56. The van der Waals surface area contributed by atoms with Crippen LogP contribution in [-0.4, -0.2) is 41.6 Å². The van der Waals surface area contributed by atoms with Gasteiger partial charge in [-0.25, -0.2) is 4.85 Å². The lowest BCUT2D eigenvalue weighted by atomic mass is 10.1. The summed E-state index contributed by atoms with van der Waals surface area (Å²) in [4.78, 5) is 5.74. The topological polar surface area (TPSA) is 74.9 Å². The fourth-order valence-corrected chi connectivity index (χ4v) is 3.88. The van der Waals surface area contributed by atoms with Gasteiger partial charge in [-0.1, -0.05) is 24.3 Å². The van der Waals surface area contributed by atoms with Crippen LogP contribution in [0.25, 0.3) is 15.6 Å². The van der Waals surface area contributed by atoms with E-state index in [-0.39, 0.29) is 18.5 Å². The molecule has 1 aliphatic rings. The van der Waals surface area contributed by atoms with Crippen LogP contribution in [0.3, 0.4) is 0 Å². The van der Waals surface area contributed by atoms with Crippen molar-refractivity contribution in [2.75, 3.05) is 30.4 Å². The molecule has 162 valence electrons. The first kappa shape index (κ1) is 22.6. The molecule has 0 amide bonds. The van der Waals surface area contributed by atoms with Crippen molar-refractivity contribution in [2.24, 2.45) is 0 Å². The molecular formula is C23H26ClN5O2. The van der Waals surface area contributed by atoms with Gasteiger partial charge in [-0.3, -0.25) is 0 Å². The first-order chi connectivity index (χ1) is 14.6. The summed E-state index contributed by atoms with van der Waals surface area (Å²) in [6.07, 6.45) is 1.20. The van der Waals surface area contributed by atoms with Crippen molar-refractivity contribution in [1.29, 1.82) is 0 Å². The first-order valence-corrected chi connectivity index (χ1v) is 10.1. The number of rotatable bonds is 5. The number of aliphatic hydroxyl groups excluding tert-OH is 1. The number of hydrogen-bond acceptors (Lipinski definition) is 6. The molecule has 0 saturated carbocycles. The quantitative estimate of drug-likeness (QED) is 0.570. The summed E-state index contributed by atoms with van der Waals surface area (Å²) >= 11 is 0. The highest BCUT2D eigenvalue weighted by atomic mass is 35.5. The monoisotopic (exact) mass is 439 g/mol. The van der Waals surface area contributed by atoms with Crippen LogP contribution in [0.2, 0.25) is 0 Å². The van der Waals surface area contributed by atoms with Crippen LogP contribution in [0.1, 0.15) is 24.0 Å². The lowest BCUT2D eigenvalue weighted by molar-refractivity contribution is 0.145. The van der Waals surface area contributed by atoms with E-state index in [2.05, 4.69) is 31.3 Å². The lowest BCUT2D eigenvalue weighted by Gasteiger charge is -2.31. The summed E-state index contributed by atoms with van der Waals surface area (Å²) in [5.41, 5.74) is 2.75. The van der Waals surface area contributed by atoms with E-state index in [4.69, 9.17) is 11.3 Å². The minimum Gasteiger partial charge on any atom is -0.496 e. The number of halogens is 1. The van der Waals surface area contributed by atoms with Gasteiger partial charge in [-0.05, 0) is 43.0 Å². The maximum absolute atomic E-state index is 9.82. The number of aromatic nitrogens is 2. The van der Waals surface area contributed by atoms with Gasteiger partial charge in [0, 0.05) is 30.4 Å². The van der Waals surface area contributed by atoms with Crippen LogP contribution < -0.4 is 15.0 Å². The number of benzene rings is 2. The van der Waals surface area contributed by atoms with Gasteiger partial charge in [0.15, 0.2) is 17.3 Å². The summed E-state index contributed by atoms with van der Waals surface area (Å²) in [5, 5.41) is 24.0. The molecular weight excluding hydrogens is 414 g/mol. The average Bonchev–Trinajstić information content (AvgIpc) is 2.77. The van der Waals surface area contributed by atoms with Crippen molar-refractivity contribution in [3.8, 4) is 5.75 Å². The predicted molar refractivity (Wildman–Crippen MR) is 126 cm³/mol. The SMILES string of the molecule is Cl.[C-]#[N+]c1ccc2c(N3CCC(O)CC3)nnc(NCc3ccc(OC)c(C)c3)c2c1. The molecule has 0 spiro atoms. The number of nitrogens with zero attached hydrogens (tertiary/aromatic N) is 4. The Labute approximate surface area is 188 Å². The molecule has 1 aromatic heterocycles. The Kier molecular flexibility index (Phi) is 7.16. The molecule has 31 heavy (non-hydrogen) atoms. The molecule has 1 aliphatic heterocycles. The number of aliphatic hydroxyl groups is 1. The minimum atomic E-state index is -0.247. The second-order valence-corrected chi connectivity index (χ2v) is 7.59. The number of hydrogen-bond donors (Lipinski definition) is 2. The molecule has 4 rings (SSSR count). The molecule has 3 aromatic rings. The van der Waals surface area contributed by atoms with Crippen LogP contribution >= 0.6 is 12.4 Å². The van der Waals surface area contributed by atoms with Crippen molar-refractivity contribution in [3.63, 3.8) is 0 Å². The van der Waals surface area contributed by atoms with Gasteiger partial charge < -0.3 is 20.1 Å². The van der Waals surface area contributed by atoms with E-state index >= 15 is 0 Å². The molecule has 0 aliphatic carbocycles. The molecule has 0 bridgehead atoms. The highest BCUT2D eigenvalue weighted by Crippen LogP contribution is 2.33. The van der Waals surface area contributed by atoms with E-state index in [0.717, 1.165) is 59.4 Å². The van der Waals surface area contributed by atoms with Crippen molar-refractivity contribution >= 4 is 40.5 Å². The highest BCUT2D eigenvalue weighted by Gasteiger charge is 2.21. The van der Waals surface area contributed by atoms with Crippen LogP contribution in [0, 0.1) is 13.5 Å². The molecule has 8 heteroatoms. The fourth-order valence-electron chi connectivity index (χ4n) is 3.88. The zero-order valence-electron chi connectivity index (χ0n) is 17.6. The summed E-state index contributed by atoms with van der Waals surface area (Å²) in [7, 11) is 1.67. The van der Waals surface area contributed by atoms with Gasteiger partial charge >= 0.3 is 0 Å². The molecule has 0 radical (unpaired) electrons. The Morgan fingerprint density at radius 1 is 1.16 bits per heavy atom. The maximum Gasteiger partial charge on any atom is 0.188 e. The predicted octanol–water partition coefficient (Wildman–Crippen LogP) is 4.49. The first-order valence-electron chi connectivity index (χ1n) is 10.1. The van der Waals surface area contributed by atoms with Gasteiger partial charge in [0.2, 0.25) is 0 Å². The van der Waals surface area contributed by atoms with Crippen molar-refractivity contribution in [3.05, 3.63) is 58.9 Å².